The lowest BCUT2D eigenvalue weighted by Crippen LogP contribution is -2.51. The molecule has 27 heavy (non-hydrogen) atoms. The van der Waals surface area contributed by atoms with Crippen LogP contribution in [0.3, 0.4) is 0 Å². The van der Waals surface area contributed by atoms with Gasteiger partial charge in [-0.2, -0.15) is 0 Å². The van der Waals surface area contributed by atoms with Gasteiger partial charge in [-0.15, -0.1) is 0 Å². The molecule has 4 rings (SSSR count). The first-order valence-corrected chi connectivity index (χ1v) is 9.22. The van der Waals surface area contributed by atoms with Crippen LogP contribution in [0.2, 0.25) is 5.02 Å². The molecule has 2 aromatic carbocycles. The number of piperazine rings is 1. The number of amides is 2. The highest BCUT2D eigenvalue weighted by Gasteiger charge is 2.25. The minimum absolute atomic E-state index is 0.0173. The molecule has 1 N–H and O–H groups in total. The Morgan fingerprint density at radius 2 is 1.70 bits per heavy atom. The van der Waals surface area contributed by atoms with E-state index in [4.69, 9.17) is 11.6 Å². The van der Waals surface area contributed by atoms with Gasteiger partial charge in [0.2, 0.25) is 5.91 Å². The Labute approximate surface area is 161 Å². The molecule has 6 nitrogen and oxygen atoms in total. The van der Waals surface area contributed by atoms with Crippen LogP contribution in [-0.2, 0) is 11.2 Å². The summed E-state index contributed by atoms with van der Waals surface area (Å²) >= 11 is 5.88. The molecule has 138 valence electrons. The maximum absolute atomic E-state index is 12.7. The molecule has 0 atom stereocenters. The average molecular weight is 383 g/mol. The van der Waals surface area contributed by atoms with E-state index < -0.39 is 0 Å². The lowest BCUT2D eigenvalue weighted by Gasteiger charge is -2.35. The number of carbonyl (C=O) groups excluding carboxylic acids is 2. The maximum Gasteiger partial charge on any atom is 0.254 e. The number of H-pyrrole nitrogens is 1. The summed E-state index contributed by atoms with van der Waals surface area (Å²) in [4.78, 5) is 36.0. The monoisotopic (exact) mass is 382 g/mol. The Morgan fingerprint density at radius 3 is 2.44 bits per heavy atom. The van der Waals surface area contributed by atoms with Gasteiger partial charge < -0.3 is 14.8 Å². The van der Waals surface area contributed by atoms with E-state index in [-0.39, 0.29) is 11.8 Å². The van der Waals surface area contributed by atoms with E-state index in [1.54, 1.807) is 29.4 Å². The zero-order chi connectivity index (χ0) is 18.8. The predicted octanol–water partition coefficient (Wildman–Crippen LogP) is 2.74. The third kappa shape index (κ3) is 3.80. The van der Waals surface area contributed by atoms with Crippen LogP contribution in [0.5, 0.6) is 0 Å². The molecule has 2 heterocycles. The van der Waals surface area contributed by atoms with Crippen molar-refractivity contribution < 1.29 is 9.59 Å². The van der Waals surface area contributed by atoms with E-state index in [1.165, 1.54) is 0 Å². The molecule has 0 unspecified atom stereocenters. The van der Waals surface area contributed by atoms with Gasteiger partial charge in [-0.3, -0.25) is 9.59 Å². The number of benzene rings is 2. The fourth-order valence-electron chi connectivity index (χ4n) is 3.30. The molecular weight excluding hydrogens is 364 g/mol. The third-order valence-electron chi connectivity index (χ3n) is 4.86. The number of halogens is 1. The largest absolute Gasteiger partial charge is 0.345 e. The van der Waals surface area contributed by atoms with E-state index in [0.29, 0.717) is 43.2 Å². The molecule has 2 amide bonds. The summed E-state index contributed by atoms with van der Waals surface area (Å²) < 4.78 is 0. The zero-order valence-corrected chi connectivity index (χ0v) is 15.4. The maximum atomic E-state index is 12.7. The Kier molecular flexibility index (Phi) is 4.81. The van der Waals surface area contributed by atoms with Crippen LogP contribution in [0.15, 0.2) is 48.8 Å². The average Bonchev–Trinajstić information content (AvgIpc) is 3.17. The smallest absolute Gasteiger partial charge is 0.254 e. The third-order valence-corrected chi connectivity index (χ3v) is 5.11. The Balaban J connectivity index is 1.35. The van der Waals surface area contributed by atoms with Crippen molar-refractivity contribution in [3.05, 3.63) is 64.9 Å². The summed E-state index contributed by atoms with van der Waals surface area (Å²) in [5.41, 5.74) is 3.25. The fourth-order valence-corrected chi connectivity index (χ4v) is 3.42. The van der Waals surface area contributed by atoms with Gasteiger partial charge in [-0.1, -0.05) is 23.7 Å². The van der Waals surface area contributed by atoms with Crippen molar-refractivity contribution in [2.45, 2.75) is 6.42 Å². The highest BCUT2D eigenvalue weighted by molar-refractivity contribution is 6.30. The van der Waals surface area contributed by atoms with Crippen LogP contribution in [0.25, 0.3) is 11.0 Å². The number of hydrogen-bond donors (Lipinski definition) is 1. The van der Waals surface area contributed by atoms with Gasteiger partial charge in [0.25, 0.3) is 5.91 Å². The molecule has 7 heteroatoms. The summed E-state index contributed by atoms with van der Waals surface area (Å²) in [6, 6.07) is 12.8. The minimum Gasteiger partial charge on any atom is -0.345 e. The number of imidazole rings is 1. The number of nitrogens with zero attached hydrogens (tertiary/aromatic N) is 3. The molecule has 0 saturated carbocycles. The zero-order valence-electron chi connectivity index (χ0n) is 14.7. The molecule has 1 aliphatic rings. The van der Waals surface area contributed by atoms with Crippen molar-refractivity contribution in [2.75, 3.05) is 26.2 Å². The lowest BCUT2D eigenvalue weighted by molar-refractivity contribution is -0.131. The van der Waals surface area contributed by atoms with Gasteiger partial charge in [-0.05, 0) is 35.9 Å². The van der Waals surface area contributed by atoms with E-state index in [9.17, 15) is 9.59 Å². The second-order valence-electron chi connectivity index (χ2n) is 6.61. The van der Waals surface area contributed by atoms with Crippen molar-refractivity contribution in [2.24, 2.45) is 0 Å². The summed E-state index contributed by atoms with van der Waals surface area (Å²) in [5, 5.41) is 0.659. The molecule has 0 aliphatic carbocycles. The molecule has 0 radical (unpaired) electrons. The SMILES string of the molecule is O=C(Cc1ccc(Cl)cc1)N1CCN(C(=O)c2ccc3nc[nH]c3c2)CC1. The fraction of sp³-hybridized carbons (Fsp3) is 0.250. The van der Waals surface area contributed by atoms with Crippen LogP contribution >= 0.6 is 11.6 Å². The van der Waals surface area contributed by atoms with Crippen LogP contribution in [0.1, 0.15) is 15.9 Å². The predicted molar refractivity (Wildman–Crippen MR) is 104 cm³/mol. The molecule has 0 bridgehead atoms. The van der Waals surface area contributed by atoms with Crippen molar-refractivity contribution in [3.8, 4) is 0 Å². The van der Waals surface area contributed by atoms with E-state index in [0.717, 1.165) is 16.6 Å². The summed E-state index contributed by atoms with van der Waals surface area (Å²) in [7, 11) is 0. The number of fused-ring (bicyclic) bond motifs is 1. The summed E-state index contributed by atoms with van der Waals surface area (Å²) in [6.45, 7) is 2.16. The highest BCUT2D eigenvalue weighted by Crippen LogP contribution is 2.16. The minimum atomic E-state index is -0.0173. The van der Waals surface area contributed by atoms with Crippen LogP contribution in [0, 0.1) is 0 Å². The van der Waals surface area contributed by atoms with Gasteiger partial charge in [-0.25, -0.2) is 4.98 Å². The Morgan fingerprint density at radius 1 is 1.00 bits per heavy atom. The second-order valence-corrected chi connectivity index (χ2v) is 7.05. The van der Waals surface area contributed by atoms with Crippen molar-refractivity contribution in [1.29, 1.82) is 0 Å². The summed E-state index contributed by atoms with van der Waals surface area (Å²) in [5.74, 6) is 0.0552. The number of aromatic amines is 1. The summed E-state index contributed by atoms with van der Waals surface area (Å²) in [6.07, 6.45) is 1.96. The van der Waals surface area contributed by atoms with Gasteiger partial charge in [0.1, 0.15) is 0 Å². The number of carbonyl (C=O) groups is 2. The lowest BCUT2D eigenvalue weighted by atomic mass is 10.1. The van der Waals surface area contributed by atoms with E-state index >= 15 is 0 Å². The van der Waals surface area contributed by atoms with Crippen LogP contribution in [0.4, 0.5) is 0 Å². The molecule has 1 fully saturated rings. The first-order chi connectivity index (χ1) is 13.1. The first kappa shape index (κ1) is 17.5. The topological polar surface area (TPSA) is 69.3 Å². The Bertz CT molecular complexity index is 975. The molecule has 1 aromatic heterocycles. The molecular formula is C20H19ClN4O2. The standard InChI is InChI=1S/C20H19ClN4O2/c21-16-4-1-14(2-5-16)11-19(26)24-7-9-25(10-8-24)20(27)15-3-6-17-18(12-15)23-13-22-17/h1-6,12-13H,7-11H2,(H,22,23). The van der Waals surface area contributed by atoms with E-state index in [1.807, 2.05) is 29.2 Å². The number of nitrogens with one attached hydrogen (secondary N) is 1. The second kappa shape index (κ2) is 7.40. The molecule has 1 saturated heterocycles. The normalized spacial score (nSPS) is 14.6. The number of hydrogen-bond acceptors (Lipinski definition) is 3. The van der Waals surface area contributed by atoms with Gasteiger partial charge in [0.15, 0.2) is 0 Å². The number of rotatable bonds is 3. The highest BCUT2D eigenvalue weighted by atomic mass is 35.5. The molecule has 0 spiro atoms. The van der Waals surface area contributed by atoms with Gasteiger partial charge in [0.05, 0.1) is 23.8 Å². The van der Waals surface area contributed by atoms with Gasteiger partial charge in [0, 0.05) is 36.8 Å². The van der Waals surface area contributed by atoms with Crippen molar-refractivity contribution in [3.63, 3.8) is 0 Å². The van der Waals surface area contributed by atoms with Crippen LogP contribution in [-0.4, -0.2) is 57.8 Å². The number of aromatic nitrogens is 2. The Hall–Kier alpha value is -2.86. The van der Waals surface area contributed by atoms with Crippen molar-refractivity contribution in [1.82, 2.24) is 19.8 Å². The van der Waals surface area contributed by atoms with Gasteiger partial charge >= 0.3 is 0 Å². The first-order valence-electron chi connectivity index (χ1n) is 8.85. The van der Waals surface area contributed by atoms with Crippen molar-refractivity contribution >= 4 is 34.4 Å². The molecule has 3 aromatic rings. The molecule has 1 aliphatic heterocycles. The van der Waals surface area contributed by atoms with E-state index in [2.05, 4.69) is 9.97 Å². The van der Waals surface area contributed by atoms with Crippen LogP contribution < -0.4 is 0 Å². The quantitative estimate of drug-likeness (QED) is 0.757.